The smallest absolute Gasteiger partial charge is 0.310 e. The maximum absolute atomic E-state index is 12.4. The molecule has 0 radical (unpaired) electrons. The van der Waals surface area contributed by atoms with Crippen LogP contribution in [0.25, 0.3) is 4.96 Å². The average Bonchev–Trinajstić information content (AvgIpc) is 3.34. The van der Waals surface area contributed by atoms with Crippen molar-refractivity contribution in [3.8, 4) is 5.88 Å². The summed E-state index contributed by atoms with van der Waals surface area (Å²) >= 11 is 1.33. The number of rotatable bonds is 7. The Morgan fingerprint density at radius 2 is 2.12 bits per heavy atom. The van der Waals surface area contributed by atoms with E-state index in [0.717, 1.165) is 18.4 Å². The molecule has 0 amide bonds. The van der Waals surface area contributed by atoms with Crippen LogP contribution < -0.4 is 0 Å². The van der Waals surface area contributed by atoms with Crippen LogP contribution in [0.2, 0.25) is 0 Å². The number of carbonyl (C=O) groups excluding carboxylic acids is 1. The fourth-order valence-electron chi connectivity index (χ4n) is 4.12. The van der Waals surface area contributed by atoms with Gasteiger partial charge in [-0.1, -0.05) is 30.4 Å². The minimum atomic E-state index is -0.441. The van der Waals surface area contributed by atoms with Crippen LogP contribution >= 0.6 is 11.3 Å². The first-order valence-corrected chi connectivity index (χ1v) is 11.5. The van der Waals surface area contributed by atoms with Gasteiger partial charge >= 0.3 is 5.97 Å². The van der Waals surface area contributed by atoms with Gasteiger partial charge in [-0.15, -0.1) is 5.10 Å². The van der Waals surface area contributed by atoms with E-state index in [1.807, 2.05) is 6.92 Å². The lowest BCUT2D eigenvalue weighted by atomic mass is 9.94. The number of carbonyl (C=O) groups is 1. The zero-order valence-corrected chi connectivity index (χ0v) is 18.7. The predicted molar refractivity (Wildman–Crippen MR) is 118 cm³/mol. The molecule has 11 heteroatoms. The molecule has 1 saturated heterocycles. The fourth-order valence-corrected chi connectivity index (χ4v) is 5.25. The molecule has 10 nitrogen and oxygen atoms in total. The Balaban J connectivity index is 1.75. The lowest BCUT2D eigenvalue weighted by Crippen LogP contribution is -2.41. The summed E-state index contributed by atoms with van der Waals surface area (Å²) in [6.45, 7) is 5.24. The topological polar surface area (TPSA) is 123 Å². The van der Waals surface area contributed by atoms with E-state index in [9.17, 15) is 20.0 Å². The van der Waals surface area contributed by atoms with Crippen molar-refractivity contribution < 1.29 is 19.6 Å². The highest BCUT2D eigenvalue weighted by Gasteiger charge is 2.35. The number of aryl methyl sites for hydroxylation is 1. The number of piperidine rings is 1. The van der Waals surface area contributed by atoms with Crippen LogP contribution in [-0.2, 0) is 16.0 Å². The number of aromatic nitrogens is 3. The molecule has 1 fully saturated rings. The van der Waals surface area contributed by atoms with E-state index in [0.29, 0.717) is 41.8 Å². The minimum absolute atomic E-state index is 0.00110. The maximum Gasteiger partial charge on any atom is 0.310 e. The van der Waals surface area contributed by atoms with E-state index in [1.54, 1.807) is 19.1 Å². The van der Waals surface area contributed by atoms with Gasteiger partial charge in [-0.2, -0.15) is 4.52 Å². The molecule has 0 spiro atoms. The predicted octanol–water partition coefficient (Wildman–Crippen LogP) is 3.33. The summed E-state index contributed by atoms with van der Waals surface area (Å²) in [4.78, 5) is 30.9. The number of nitro groups is 1. The number of esters is 1. The Hall–Kier alpha value is -3.05. The van der Waals surface area contributed by atoms with Crippen molar-refractivity contribution in [1.82, 2.24) is 19.5 Å². The molecular formula is C21H25N5O5S. The molecule has 2 aromatic heterocycles. The van der Waals surface area contributed by atoms with Gasteiger partial charge in [-0.05, 0) is 31.9 Å². The maximum atomic E-state index is 12.4. The number of nitrogens with zero attached hydrogens (tertiary/aromatic N) is 5. The third-order valence-corrected chi connectivity index (χ3v) is 6.74. The van der Waals surface area contributed by atoms with Gasteiger partial charge in [-0.25, -0.2) is 4.98 Å². The molecular weight excluding hydrogens is 434 g/mol. The summed E-state index contributed by atoms with van der Waals surface area (Å²) < 4.78 is 6.67. The second kappa shape index (κ2) is 9.21. The number of benzene rings is 1. The largest absolute Gasteiger partial charge is 0.492 e. The number of hydrogen-bond acceptors (Lipinski definition) is 9. The number of fused-ring (bicyclic) bond motifs is 1. The Kier molecular flexibility index (Phi) is 6.38. The quantitative estimate of drug-likeness (QED) is 0.324. The highest BCUT2D eigenvalue weighted by molar-refractivity contribution is 7.17. The molecule has 0 unspecified atom stereocenters. The Labute approximate surface area is 188 Å². The third kappa shape index (κ3) is 4.17. The van der Waals surface area contributed by atoms with Crippen LogP contribution in [0.15, 0.2) is 24.3 Å². The number of thiazole rings is 1. The molecule has 170 valence electrons. The molecule has 0 bridgehead atoms. The van der Waals surface area contributed by atoms with Crippen molar-refractivity contribution >= 4 is 28.0 Å². The number of aromatic hydroxyl groups is 1. The normalized spacial score (nSPS) is 18.0. The molecule has 1 aliphatic rings. The first-order chi connectivity index (χ1) is 15.4. The molecule has 3 heterocycles. The first kappa shape index (κ1) is 22.2. The number of non-ortho nitro benzene ring substituents is 1. The van der Waals surface area contributed by atoms with Gasteiger partial charge in [0, 0.05) is 25.1 Å². The SMILES string of the molecule is CCOC(=O)[C@@H]1CCCN([C@@H](c2ccc([N+](=O)[O-])cc2)c2sc3nc(CC)nn3c2O)C1. The van der Waals surface area contributed by atoms with E-state index in [-0.39, 0.29) is 23.5 Å². The number of likely N-dealkylation sites (tertiary alicyclic amines) is 1. The fraction of sp³-hybridized carbons (Fsp3) is 0.476. The van der Waals surface area contributed by atoms with Gasteiger partial charge in [-0.3, -0.25) is 19.8 Å². The highest BCUT2D eigenvalue weighted by atomic mass is 32.1. The van der Waals surface area contributed by atoms with Gasteiger partial charge < -0.3 is 9.84 Å². The van der Waals surface area contributed by atoms with Gasteiger partial charge in [0.1, 0.15) is 0 Å². The van der Waals surface area contributed by atoms with Crippen LogP contribution in [-0.4, -0.2) is 55.2 Å². The molecule has 4 rings (SSSR count). The zero-order valence-electron chi connectivity index (χ0n) is 17.9. The van der Waals surface area contributed by atoms with Crippen molar-refractivity contribution in [2.75, 3.05) is 19.7 Å². The van der Waals surface area contributed by atoms with Crippen molar-refractivity contribution in [3.05, 3.63) is 50.6 Å². The molecule has 0 saturated carbocycles. The summed E-state index contributed by atoms with van der Waals surface area (Å²) in [5.41, 5.74) is 0.783. The summed E-state index contributed by atoms with van der Waals surface area (Å²) in [7, 11) is 0. The molecule has 1 aromatic carbocycles. The average molecular weight is 460 g/mol. The zero-order chi connectivity index (χ0) is 22.8. The second-order valence-electron chi connectivity index (χ2n) is 7.70. The number of ether oxygens (including phenoxy) is 1. The molecule has 0 aliphatic carbocycles. The van der Waals surface area contributed by atoms with E-state index < -0.39 is 11.0 Å². The Morgan fingerprint density at radius 3 is 2.75 bits per heavy atom. The third-order valence-electron chi connectivity index (χ3n) is 5.67. The number of hydrogen-bond donors (Lipinski definition) is 1. The lowest BCUT2D eigenvalue weighted by molar-refractivity contribution is -0.384. The standard InChI is InChI=1S/C21H25N5O5S/c1-3-16-22-21-25(23-16)19(27)18(32-21)17(13-7-9-15(10-8-13)26(29)30)24-11-5-6-14(12-24)20(28)31-4-2/h7-10,14,17,27H,3-6,11-12H2,1-2H3/t14-,17+/m1/s1. The van der Waals surface area contributed by atoms with Crippen LogP contribution in [0, 0.1) is 16.0 Å². The van der Waals surface area contributed by atoms with E-state index in [2.05, 4.69) is 15.0 Å². The van der Waals surface area contributed by atoms with Crippen LogP contribution in [0.3, 0.4) is 0 Å². The molecule has 1 aliphatic heterocycles. The van der Waals surface area contributed by atoms with Crippen molar-refractivity contribution in [3.63, 3.8) is 0 Å². The molecule has 3 aromatic rings. The molecule has 2 atom stereocenters. The second-order valence-corrected chi connectivity index (χ2v) is 8.71. The summed E-state index contributed by atoms with van der Waals surface area (Å²) in [6.07, 6.45) is 2.19. The molecule has 1 N–H and O–H groups in total. The summed E-state index contributed by atoms with van der Waals surface area (Å²) in [5.74, 6) is 0.156. The van der Waals surface area contributed by atoms with Crippen LogP contribution in [0.4, 0.5) is 5.69 Å². The minimum Gasteiger partial charge on any atom is -0.492 e. The van der Waals surface area contributed by atoms with Gasteiger partial charge in [0.25, 0.3) is 5.69 Å². The van der Waals surface area contributed by atoms with Gasteiger partial charge in [0.2, 0.25) is 10.8 Å². The summed E-state index contributed by atoms with van der Waals surface area (Å²) in [6, 6.07) is 5.91. The van der Waals surface area contributed by atoms with Crippen molar-refractivity contribution in [2.45, 2.75) is 39.2 Å². The Morgan fingerprint density at radius 1 is 1.38 bits per heavy atom. The highest BCUT2D eigenvalue weighted by Crippen LogP contribution is 2.41. The van der Waals surface area contributed by atoms with E-state index >= 15 is 0 Å². The van der Waals surface area contributed by atoms with Crippen molar-refractivity contribution in [1.29, 1.82) is 0 Å². The van der Waals surface area contributed by atoms with Crippen LogP contribution in [0.5, 0.6) is 5.88 Å². The summed E-state index contributed by atoms with van der Waals surface area (Å²) in [5, 5.41) is 26.5. The molecule has 32 heavy (non-hydrogen) atoms. The van der Waals surface area contributed by atoms with E-state index in [1.165, 1.54) is 28.0 Å². The first-order valence-electron chi connectivity index (χ1n) is 10.6. The Bertz CT molecular complexity index is 1130. The van der Waals surface area contributed by atoms with E-state index in [4.69, 9.17) is 4.74 Å². The van der Waals surface area contributed by atoms with Gasteiger partial charge in [0.05, 0.1) is 28.4 Å². The lowest BCUT2D eigenvalue weighted by Gasteiger charge is -2.37. The van der Waals surface area contributed by atoms with Crippen LogP contribution in [0.1, 0.15) is 49.0 Å². The monoisotopic (exact) mass is 459 g/mol. The number of nitro benzene ring substituents is 1. The van der Waals surface area contributed by atoms with Crippen molar-refractivity contribution in [2.24, 2.45) is 5.92 Å². The van der Waals surface area contributed by atoms with Gasteiger partial charge in [0.15, 0.2) is 5.82 Å².